The summed E-state index contributed by atoms with van der Waals surface area (Å²) in [4.78, 5) is 11.3. The fourth-order valence-corrected chi connectivity index (χ4v) is 3.87. The first kappa shape index (κ1) is 15.1. The van der Waals surface area contributed by atoms with Crippen LogP contribution in [0.3, 0.4) is 0 Å². The Hall–Kier alpha value is -3.00. The molecule has 5 heterocycles. The van der Waals surface area contributed by atoms with Gasteiger partial charge in [-0.2, -0.15) is 5.10 Å². The molecule has 1 aliphatic carbocycles. The maximum atomic E-state index is 5.93. The number of hydrogen-bond donors (Lipinski definition) is 1. The second-order valence-electron chi connectivity index (χ2n) is 7.50. The SMILES string of the molecule is Cc1[nH]nc2ncc(-c3cnc4ccc(N5CCOC6(CC6)C5)nn34)cc12. The van der Waals surface area contributed by atoms with Gasteiger partial charge in [-0.15, -0.1) is 5.10 Å². The van der Waals surface area contributed by atoms with Crippen molar-refractivity contribution in [2.24, 2.45) is 0 Å². The van der Waals surface area contributed by atoms with Crippen molar-refractivity contribution in [2.45, 2.75) is 25.4 Å². The minimum Gasteiger partial charge on any atom is -0.371 e. The average Bonchev–Trinajstić information content (AvgIpc) is 3.14. The monoisotopic (exact) mass is 361 g/mol. The first-order valence-electron chi connectivity index (χ1n) is 9.26. The Morgan fingerprint density at radius 2 is 2.11 bits per heavy atom. The number of nitrogens with zero attached hydrogens (tertiary/aromatic N) is 6. The third-order valence-corrected chi connectivity index (χ3v) is 5.62. The molecule has 2 fully saturated rings. The summed E-state index contributed by atoms with van der Waals surface area (Å²) in [5.41, 5.74) is 4.53. The molecule has 1 spiro atoms. The number of pyridine rings is 1. The van der Waals surface area contributed by atoms with Crippen molar-refractivity contribution in [1.82, 2.24) is 29.8 Å². The molecule has 1 aliphatic heterocycles. The van der Waals surface area contributed by atoms with Crippen molar-refractivity contribution in [3.05, 3.63) is 36.3 Å². The molecule has 2 aliphatic rings. The highest BCUT2D eigenvalue weighted by Crippen LogP contribution is 2.42. The van der Waals surface area contributed by atoms with Gasteiger partial charge in [-0.25, -0.2) is 14.5 Å². The molecule has 27 heavy (non-hydrogen) atoms. The molecule has 0 bridgehead atoms. The number of ether oxygens (including phenoxy) is 1. The van der Waals surface area contributed by atoms with E-state index in [9.17, 15) is 0 Å². The van der Waals surface area contributed by atoms with E-state index in [2.05, 4.69) is 37.2 Å². The third-order valence-electron chi connectivity index (χ3n) is 5.62. The Kier molecular flexibility index (Phi) is 2.94. The standard InChI is InChI=1S/C19H19N7O/c1-12-14-8-13(9-21-18(14)23-22-12)15-10-20-16-2-3-17(24-26(15)16)25-6-7-27-19(11-25)4-5-19/h2-3,8-10H,4-7,11H2,1H3,(H,21,22,23). The van der Waals surface area contributed by atoms with Crippen LogP contribution in [0.4, 0.5) is 5.82 Å². The molecule has 1 N–H and O–H groups in total. The fraction of sp³-hybridized carbons (Fsp3) is 0.368. The van der Waals surface area contributed by atoms with Gasteiger partial charge in [-0.1, -0.05) is 0 Å². The Bertz CT molecular complexity index is 1170. The minimum absolute atomic E-state index is 0.0699. The van der Waals surface area contributed by atoms with Crippen molar-refractivity contribution in [1.29, 1.82) is 0 Å². The lowest BCUT2D eigenvalue weighted by molar-refractivity contribution is 0.0203. The lowest BCUT2D eigenvalue weighted by Gasteiger charge is -2.33. The molecule has 0 aromatic carbocycles. The zero-order valence-electron chi connectivity index (χ0n) is 15.0. The van der Waals surface area contributed by atoms with Crippen LogP contribution in [-0.2, 0) is 4.74 Å². The van der Waals surface area contributed by atoms with E-state index >= 15 is 0 Å². The summed E-state index contributed by atoms with van der Waals surface area (Å²) >= 11 is 0. The summed E-state index contributed by atoms with van der Waals surface area (Å²) in [6, 6.07) is 6.16. The number of imidazole rings is 1. The number of rotatable bonds is 2. The van der Waals surface area contributed by atoms with E-state index in [4.69, 9.17) is 9.84 Å². The number of aromatic nitrogens is 6. The summed E-state index contributed by atoms with van der Waals surface area (Å²) in [6.45, 7) is 4.54. The van der Waals surface area contributed by atoms with Crippen LogP contribution in [0.1, 0.15) is 18.5 Å². The molecule has 1 saturated heterocycles. The maximum absolute atomic E-state index is 5.93. The summed E-state index contributed by atoms with van der Waals surface area (Å²) < 4.78 is 7.84. The highest BCUT2D eigenvalue weighted by Gasteiger charge is 2.47. The van der Waals surface area contributed by atoms with Crippen molar-refractivity contribution in [3.8, 4) is 11.3 Å². The Balaban J connectivity index is 1.44. The first-order valence-corrected chi connectivity index (χ1v) is 9.26. The van der Waals surface area contributed by atoms with Crippen LogP contribution >= 0.6 is 0 Å². The van der Waals surface area contributed by atoms with Gasteiger partial charge >= 0.3 is 0 Å². The third kappa shape index (κ3) is 2.33. The van der Waals surface area contributed by atoms with E-state index in [1.165, 1.54) is 0 Å². The van der Waals surface area contributed by atoms with Gasteiger partial charge in [0.05, 0.1) is 24.1 Å². The summed E-state index contributed by atoms with van der Waals surface area (Å²) in [7, 11) is 0. The van der Waals surface area contributed by atoms with E-state index < -0.39 is 0 Å². The van der Waals surface area contributed by atoms with Gasteiger partial charge in [0.15, 0.2) is 11.3 Å². The van der Waals surface area contributed by atoms with E-state index in [0.29, 0.717) is 0 Å². The lowest BCUT2D eigenvalue weighted by Crippen LogP contribution is -2.44. The maximum Gasteiger partial charge on any atom is 0.181 e. The fourth-order valence-electron chi connectivity index (χ4n) is 3.87. The van der Waals surface area contributed by atoms with Gasteiger partial charge < -0.3 is 9.64 Å². The lowest BCUT2D eigenvalue weighted by atomic mass is 10.1. The molecule has 4 aromatic heterocycles. The van der Waals surface area contributed by atoms with Gasteiger partial charge in [0.1, 0.15) is 5.82 Å². The van der Waals surface area contributed by atoms with Gasteiger partial charge in [0.2, 0.25) is 0 Å². The zero-order valence-corrected chi connectivity index (χ0v) is 15.0. The largest absolute Gasteiger partial charge is 0.371 e. The van der Waals surface area contributed by atoms with Crippen LogP contribution in [0.5, 0.6) is 0 Å². The molecule has 0 radical (unpaired) electrons. The van der Waals surface area contributed by atoms with Crippen molar-refractivity contribution in [2.75, 3.05) is 24.6 Å². The number of hydrogen-bond acceptors (Lipinski definition) is 6. The average molecular weight is 361 g/mol. The first-order chi connectivity index (χ1) is 13.2. The molecule has 4 aromatic rings. The van der Waals surface area contributed by atoms with E-state index in [1.54, 1.807) is 0 Å². The van der Waals surface area contributed by atoms with E-state index in [0.717, 1.165) is 72.0 Å². The van der Waals surface area contributed by atoms with Crippen LogP contribution in [0, 0.1) is 6.92 Å². The van der Waals surface area contributed by atoms with Crippen LogP contribution in [0.2, 0.25) is 0 Å². The van der Waals surface area contributed by atoms with E-state index in [1.807, 2.05) is 29.9 Å². The van der Waals surface area contributed by atoms with Gasteiger partial charge in [-0.3, -0.25) is 5.10 Å². The predicted octanol–water partition coefficient (Wildman–Crippen LogP) is 2.35. The molecule has 1 saturated carbocycles. The Morgan fingerprint density at radius 3 is 3.00 bits per heavy atom. The molecule has 0 unspecified atom stereocenters. The van der Waals surface area contributed by atoms with Crippen LogP contribution in [0.15, 0.2) is 30.6 Å². The van der Waals surface area contributed by atoms with Crippen molar-refractivity contribution >= 4 is 22.5 Å². The van der Waals surface area contributed by atoms with Crippen molar-refractivity contribution < 1.29 is 4.74 Å². The topological polar surface area (TPSA) is 84.2 Å². The summed E-state index contributed by atoms with van der Waals surface area (Å²) in [5, 5.41) is 13.1. The second kappa shape index (κ2) is 5.26. The number of H-pyrrole nitrogens is 1. The molecule has 0 atom stereocenters. The molecule has 136 valence electrons. The molecule has 8 nitrogen and oxygen atoms in total. The Morgan fingerprint density at radius 1 is 1.19 bits per heavy atom. The highest BCUT2D eigenvalue weighted by molar-refractivity contribution is 5.82. The van der Waals surface area contributed by atoms with Crippen LogP contribution in [-0.4, -0.2) is 55.1 Å². The number of fused-ring (bicyclic) bond motifs is 2. The zero-order chi connectivity index (χ0) is 18.0. The normalized spacial score (nSPS) is 18.6. The van der Waals surface area contributed by atoms with Gasteiger partial charge in [0.25, 0.3) is 0 Å². The summed E-state index contributed by atoms with van der Waals surface area (Å²) in [6.07, 6.45) is 5.98. The number of morpholine rings is 1. The number of anilines is 1. The predicted molar refractivity (Wildman–Crippen MR) is 101 cm³/mol. The number of aromatic amines is 1. The van der Waals surface area contributed by atoms with Crippen LogP contribution in [0.25, 0.3) is 27.9 Å². The molecule has 6 rings (SSSR count). The van der Waals surface area contributed by atoms with Crippen molar-refractivity contribution in [3.63, 3.8) is 0 Å². The Labute approximate surface area is 155 Å². The quantitative estimate of drug-likeness (QED) is 0.590. The molecular formula is C19H19N7O. The molecule has 8 heteroatoms. The second-order valence-corrected chi connectivity index (χ2v) is 7.50. The minimum atomic E-state index is 0.0699. The molecular weight excluding hydrogens is 342 g/mol. The van der Waals surface area contributed by atoms with Gasteiger partial charge in [0, 0.05) is 35.9 Å². The number of nitrogens with one attached hydrogen (secondary N) is 1. The summed E-state index contributed by atoms with van der Waals surface area (Å²) in [5.74, 6) is 0.963. The number of aryl methyl sites for hydroxylation is 1. The van der Waals surface area contributed by atoms with E-state index in [-0.39, 0.29) is 5.60 Å². The smallest absolute Gasteiger partial charge is 0.181 e. The highest BCUT2D eigenvalue weighted by atomic mass is 16.5. The van der Waals surface area contributed by atoms with Crippen LogP contribution < -0.4 is 4.90 Å². The van der Waals surface area contributed by atoms with Gasteiger partial charge in [-0.05, 0) is 38.0 Å². The molecule has 0 amide bonds.